The normalized spacial score (nSPS) is 26.6. The number of aliphatic hydroxyl groups excluding tert-OH is 1. The predicted molar refractivity (Wildman–Crippen MR) is 96.4 cm³/mol. The van der Waals surface area contributed by atoms with Crippen LogP contribution in [-0.4, -0.2) is 44.6 Å². The number of benzene rings is 1. The summed E-state index contributed by atoms with van der Waals surface area (Å²) in [6, 6.07) is 3.81. The maximum absolute atomic E-state index is 9.61. The van der Waals surface area contributed by atoms with E-state index in [1.54, 1.807) is 14.2 Å². The molecule has 1 aliphatic carbocycles. The Morgan fingerprint density at radius 2 is 1.92 bits per heavy atom. The van der Waals surface area contributed by atoms with Gasteiger partial charge in [-0.1, -0.05) is 0 Å². The molecule has 1 aromatic rings. The van der Waals surface area contributed by atoms with E-state index in [4.69, 9.17) is 23.7 Å². The molecule has 0 saturated heterocycles. The molecule has 1 N–H and O–H groups in total. The van der Waals surface area contributed by atoms with Crippen LogP contribution in [0, 0.1) is 5.92 Å². The van der Waals surface area contributed by atoms with Crippen LogP contribution in [-0.2, 0) is 20.8 Å². The number of hydrogen-bond acceptors (Lipinski definition) is 6. The van der Waals surface area contributed by atoms with E-state index in [1.807, 2.05) is 12.1 Å². The second-order valence-corrected chi connectivity index (χ2v) is 7.64. The van der Waals surface area contributed by atoms with Crippen molar-refractivity contribution < 1.29 is 28.8 Å². The number of ether oxygens (including phenoxy) is 5. The van der Waals surface area contributed by atoms with E-state index in [1.165, 1.54) is 0 Å². The topological polar surface area (TPSA) is 66.4 Å². The largest absolute Gasteiger partial charge is 0.487 e. The molecule has 1 aliphatic heterocycles. The standard InChI is InChI=1S/C20H30O6/c1-20(2)16-6-5-14(24-11-22-3)9-15(16)19-17(25-12-23-4)7-13(10-21)8-18(19)26-20/h7-8,14-16,21H,5-6,9-12H2,1-4H3/t14-,15-,16-/m1/s1. The van der Waals surface area contributed by atoms with Gasteiger partial charge >= 0.3 is 0 Å². The van der Waals surface area contributed by atoms with Gasteiger partial charge in [0.2, 0.25) is 0 Å². The van der Waals surface area contributed by atoms with Gasteiger partial charge in [0.1, 0.15) is 23.9 Å². The van der Waals surface area contributed by atoms with Gasteiger partial charge in [0.25, 0.3) is 0 Å². The molecule has 1 saturated carbocycles. The lowest BCUT2D eigenvalue weighted by molar-refractivity contribution is -0.105. The highest BCUT2D eigenvalue weighted by molar-refractivity contribution is 5.52. The van der Waals surface area contributed by atoms with Crippen molar-refractivity contribution in [3.63, 3.8) is 0 Å². The molecule has 0 radical (unpaired) electrons. The Kier molecular flexibility index (Phi) is 6.07. The summed E-state index contributed by atoms with van der Waals surface area (Å²) < 4.78 is 28.3. The van der Waals surface area contributed by atoms with Crippen molar-refractivity contribution in [1.82, 2.24) is 0 Å². The molecule has 0 unspecified atom stereocenters. The van der Waals surface area contributed by atoms with Gasteiger partial charge in [-0.15, -0.1) is 0 Å². The Labute approximate surface area is 155 Å². The SMILES string of the molecule is COCOc1cc(CO)cc2c1[C@@H]1C[C@H](OCOC)CC[C@H]1C(C)(C)O2. The lowest BCUT2D eigenvalue weighted by atomic mass is 9.66. The van der Waals surface area contributed by atoms with Crippen molar-refractivity contribution >= 4 is 0 Å². The molecule has 1 fully saturated rings. The van der Waals surface area contributed by atoms with Crippen LogP contribution in [0.25, 0.3) is 0 Å². The molecule has 0 aromatic heterocycles. The van der Waals surface area contributed by atoms with Crippen LogP contribution in [0.4, 0.5) is 0 Å². The fraction of sp³-hybridized carbons (Fsp3) is 0.700. The van der Waals surface area contributed by atoms with Crippen LogP contribution >= 0.6 is 0 Å². The second-order valence-electron chi connectivity index (χ2n) is 7.64. The maximum atomic E-state index is 9.61. The molecule has 26 heavy (non-hydrogen) atoms. The zero-order chi connectivity index (χ0) is 18.7. The van der Waals surface area contributed by atoms with E-state index in [-0.39, 0.29) is 31.0 Å². The number of rotatable bonds is 7. The molecule has 1 heterocycles. The number of hydrogen-bond donors (Lipinski definition) is 1. The van der Waals surface area contributed by atoms with E-state index >= 15 is 0 Å². The Hall–Kier alpha value is -1.34. The average Bonchev–Trinajstić information content (AvgIpc) is 2.63. The van der Waals surface area contributed by atoms with Gasteiger partial charge in [0.15, 0.2) is 6.79 Å². The Morgan fingerprint density at radius 1 is 1.15 bits per heavy atom. The first-order valence-corrected chi connectivity index (χ1v) is 9.19. The van der Waals surface area contributed by atoms with Gasteiger partial charge < -0.3 is 28.8 Å². The monoisotopic (exact) mass is 366 g/mol. The molecule has 0 amide bonds. The quantitative estimate of drug-likeness (QED) is 0.748. The molecule has 6 heteroatoms. The van der Waals surface area contributed by atoms with Crippen LogP contribution in [0.1, 0.15) is 50.2 Å². The summed E-state index contributed by atoms with van der Waals surface area (Å²) in [6.45, 7) is 4.70. The second kappa shape index (κ2) is 8.13. The summed E-state index contributed by atoms with van der Waals surface area (Å²) in [6.07, 6.45) is 3.08. The molecule has 2 aliphatic rings. The first-order chi connectivity index (χ1) is 12.5. The molecule has 6 nitrogen and oxygen atoms in total. The number of aliphatic hydroxyl groups is 1. The fourth-order valence-corrected chi connectivity index (χ4v) is 4.40. The number of methoxy groups -OCH3 is 2. The van der Waals surface area contributed by atoms with Gasteiger partial charge in [-0.25, -0.2) is 0 Å². The minimum absolute atomic E-state index is 0.0614. The third-order valence-corrected chi connectivity index (χ3v) is 5.54. The van der Waals surface area contributed by atoms with Crippen molar-refractivity contribution in [2.75, 3.05) is 27.8 Å². The van der Waals surface area contributed by atoms with Crippen molar-refractivity contribution in [3.05, 3.63) is 23.3 Å². The first kappa shape index (κ1) is 19.4. The third-order valence-electron chi connectivity index (χ3n) is 5.54. The highest BCUT2D eigenvalue weighted by atomic mass is 16.7. The van der Waals surface area contributed by atoms with Gasteiger partial charge in [-0.2, -0.15) is 0 Å². The van der Waals surface area contributed by atoms with E-state index in [2.05, 4.69) is 13.8 Å². The summed E-state index contributed by atoms with van der Waals surface area (Å²) in [5.41, 5.74) is 1.55. The van der Waals surface area contributed by atoms with Crippen LogP contribution in [0.3, 0.4) is 0 Å². The van der Waals surface area contributed by atoms with Gasteiger partial charge in [-0.05, 0) is 50.8 Å². The zero-order valence-electron chi connectivity index (χ0n) is 16.1. The summed E-state index contributed by atoms with van der Waals surface area (Å²) in [5, 5.41) is 9.61. The summed E-state index contributed by atoms with van der Waals surface area (Å²) in [5.74, 6) is 2.17. The summed E-state index contributed by atoms with van der Waals surface area (Å²) >= 11 is 0. The molecular weight excluding hydrogens is 336 g/mol. The minimum Gasteiger partial charge on any atom is -0.487 e. The predicted octanol–water partition coefficient (Wildman–Crippen LogP) is 3.21. The van der Waals surface area contributed by atoms with Gasteiger partial charge in [0, 0.05) is 31.6 Å². The lowest BCUT2D eigenvalue weighted by Crippen LogP contribution is -2.48. The first-order valence-electron chi connectivity index (χ1n) is 9.19. The molecule has 0 spiro atoms. The molecule has 3 rings (SSSR count). The smallest absolute Gasteiger partial charge is 0.188 e. The van der Waals surface area contributed by atoms with Crippen molar-refractivity contribution in [2.45, 2.75) is 57.3 Å². The molecule has 146 valence electrons. The zero-order valence-corrected chi connectivity index (χ0v) is 16.1. The van der Waals surface area contributed by atoms with Crippen LogP contribution in [0.2, 0.25) is 0 Å². The molecular formula is C20H30O6. The minimum atomic E-state index is -0.281. The third kappa shape index (κ3) is 3.83. The highest BCUT2D eigenvalue weighted by Gasteiger charge is 2.48. The van der Waals surface area contributed by atoms with Gasteiger partial charge in [-0.3, -0.25) is 0 Å². The highest BCUT2D eigenvalue weighted by Crippen LogP contribution is 2.55. The average molecular weight is 366 g/mol. The Balaban J connectivity index is 1.98. The lowest BCUT2D eigenvalue weighted by Gasteiger charge is -2.49. The number of fused-ring (bicyclic) bond motifs is 3. The van der Waals surface area contributed by atoms with Crippen LogP contribution in [0.15, 0.2) is 12.1 Å². The van der Waals surface area contributed by atoms with E-state index < -0.39 is 0 Å². The van der Waals surface area contributed by atoms with Crippen molar-refractivity contribution in [3.8, 4) is 11.5 Å². The Bertz CT molecular complexity index is 615. The van der Waals surface area contributed by atoms with Crippen molar-refractivity contribution in [2.24, 2.45) is 5.92 Å². The van der Waals surface area contributed by atoms with Crippen LogP contribution in [0.5, 0.6) is 11.5 Å². The molecule has 1 aromatic carbocycles. The fourth-order valence-electron chi connectivity index (χ4n) is 4.40. The summed E-state index contributed by atoms with van der Waals surface area (Å²) in [4.78, 5) is 0. The molecule has 0 bridgehead atoms. The summed E-state index contributed by atoms with van der Waals surface area (Å²) in [7, 11) is 3.24. The molecule has 3 atom stereocenters. The van der Waals surface area contributed by atoms with E-state index in [0.29, 0.717) is 12.7 Å². The maximum Gasteiger partial charge on any atom is 0.188 e. The van der Waals surface area contributed by atoms with E-state index in [0.717, 1.165) is 41.9 Å². The van der Waals surface area contributed by atoms with Crippen molar-refractivity contribution in [1.29, 1.82) is 0 Å². The Morgan fingerprint density at radius 3 is 2.62 bits per heavy atom. The van der Waals surface area contributed by atoms with Gasteiger partial charge in [0.05, 0.1) is 12.7 Å². The van der Waals surface area contributed by atoms with Crippen LogP contribution < -0.4 is 9.47 Å². The van der Waals surface area contributed by atoms with E-state index in [9.17, 15) is 5.11 Å².